The van der Waals surface area contributed by atoms with Gasteiger partial charge in [-0.25, -0.2) is 0 Å². The van der Waals surface area contributed by atoms with E-state index in [4.69, 9.17) is 0 Å². The normalized spacial score (nSPS) is 21.3. The second kappa shape index (κ2) is 5.77. The molecule has 0 aromatic heterocycles. The van der Waals surface area contributed by atoms with Gasteiger partial charge >= 0.3 is 0 Å². The van der Waals surface area contributed by atoms with Gasteiger partial charge in [-0.1, -0.05) is 30.3 Å². The molecule has 1 aromatic carbocycles. The summed E-state index contributed by atoms with van der Waals surface area (Å²) in [5.74, 6) is 0. The second-order valence-electron chi connectivity index (χ2n) is 4.58. The van der Waals surface area contributed by atoms with E-state index in [1.807, 2.05) is 30.3 Å². The summed E-state index contributed by atoms with van der Waals surface area (Å²) < 4.78 is 0. The highest BCUT2D eigenvalue weighted by molar-refractivity contribution is 5.17. The molecule has 0 unspecified atom stereocenters. The van der Waals surface area contributed by atoms with Crippen LogP contribution >= 0.6 is 0 Å². The Hall–Kier alpha value is -1.42. The summed E-state index contributed by atoms with van der Waals surface area (Å²) in [6.07, 6.45) is 3.85. The molecule has 0 saturated carbocycles. The molecule has 0 radical (unpaired) electrons. The topological polar surface area (TPSA) is 55.2 Å². The van der Waals surface area contributed by atoms with Crippen LogP contribution in [0.15, 0.2) is 30.3 Å². The predicted octanol–water partition coefficient (Wildman–Crippen LogP) is 2.54. The van der Waals surface area contributed by atoms with Gasteiger partial charge in [-0.3, -0.25) is 10.1 Å². The van der Waals surface area contributed by atoms with Crippen LogP contribution in [-0.4, -0.2) is 17.5 Å². The molecule has 1 aromatic rings. The lowest BCUT2D eigenvalue weighted by atomic mass is 9.99. The van der Waals surface area contributed by atoms with Crippen molar-refractivity contribution in [3.05, 3.63) is 46.0 Å². The highest BCUT2D eigenvalue weighted by Gasteiger charge is 2.24. The lowest BCUT2D eigenvalue weighted by Crippen LogP contribution is -2.23. The number of nitrogens with zero attached hydrogens (tertiary/aromatic N) is 1. The summed E-state index contributed by atoms with van der Waals surface area (Å²) in [5.41, 5.74) is 0.815. The highest BCUT2D eigenvalue weighted by Crippen LogP contribution is 2.24. The van der Waals surface area contributed by atoms with E-state index in [1.54, 1.807) is 0 Å². The average molecular weight is 234 g/mol. The van der Waals surface area contributed by atoms with Gasteiger partial charge in [0.25, 0.3) is 0 Å². The number of nitro groups is 1. The fourth-order valence-corrected chi connectivity index (χ4v) is 2.43. The van der Waals surface area contributed by atoms with Gasteiger partial charge in [0, 0.05) is 22.9 Å². The third-order valence-electron chi connectivity index (χ3n) is 3.39. The monoisotopic (exact) mass is 234 g/mol. The summed E-state index contributed by atoms with van der Waals surface area (Å²) in [6.45, 7) is 1.05. The summed E-state index contributed by atoms with van der Waals surface area (Å²) in [5, 5.41) is 14.5. The van der Waals surface area contributed by atoms with E-state index < -0.39 is 6.04 Å². The first kappa shape index (κ1) is 12.0. The maximum absolute atomic E-state index is 11.1. The second-order valence-corrected chi connectivity index (χ2v) is 4.58. The Kier molecular flexibility index (Phi) is 4.09. The van der Waals surface area contributed by atoms with Crippen LogP contribution in [0.25, 0.3) is 0 Å². The molecular formula is C13H18N2O2. The molecule has 17 heavy (non-hydrogen) atoms. The average Bonchev–Trinajstić information content (AvgIpc) is 2.83. The van der Waals surface area contributed by atoms with Crippen molar-refractivity contribution < 1.29 is 4.92 Å². The van der Waals surface area contributed by atoms with E-state index in [1.165, 1.54) is 6.42 Å². The third kappa shape index (κ3) is 3.27. The number of hydrogen-bond donors (Lipinski definition) is 1. The van der Waals surface area contributed by atoms with E-state index in [9.17, 15) is 10.1 Å². The number of hydrogen-bond acceptors (Lipinski definition) is 3. The zero-order chi connectivity index (χ0) is 12.1. The fourth-order valence-electron chi connectivity index (χ4n) is 2.43. The maximum Gasteiger partial charge on any atom is 0.238 e. The Morgan fingerprint density at radius 2 is 2.18 bits per heavy atom. The van der Waals surface area contributed by atoms with E-state index in [0.29, 0.717) is 12.5 Å². The lowest BCUT2D eigenvalue weighted by Gasteiger charge is -2.13. The minimum absolute atomic E-state index is 0.162. The van der Waals surface area contributed by atoms with Gasteiger partial charge in [-0.2, -0.15) is 0 Å². The van der Waals surface area contributed by atoms with Gasteiger partial charge in [0.05, 0.1) is 0 Å². The SMILES string of the molecule is O=[N+]([O-])[C@@H](CC[C@@H]1CCCN1)c1ccccc1. The Bertz CT molecular complexity index is 361. The molecule has 92 valence electrons. The molecule has 1 N–H and O–H groups in total. The van der Waals surface area contributed by atoms with Crippen LogP contribution in [0.2, 0.25) is 0 Å². The van der Waals surface area contributed by atoms with E-state index in [0.717, 1.165) is 24.9 Å². The molecule has 0 amide bonds. The Morgan fingerprint density at radius 1 is 1.41 bits per heavy atom. The zero-order valence-corrected chi connectivity index (χ0v) is 9.84. The van der Waals surface area contributed by atoms with Crippen molar-refractivity contribution in [3.63, 3.8) is 0 Å². The number of rotatable bonds is 5. The highest BCUT2D eigenvalue weighted by atomic mass is 16.6. The van der Waals surface area contributed by atoms with Crippen molar-refractivity contribution in [1.29, 1.82) is 0 Å². The van der Waals surface area contributed by atoms with Gasteiger partial charge in [0.15, 0.2) is 0 Å². The molecule has 4 nitrogen and oxygen atoms in total. The van der Waals surface area contributed by atoms with Crippen LogP contribution in [0, 0.1) is 10.1 Å². The molecule has 0 spiro atoms. The third-order valence-corrected chi connectivity index (χ3v) is 3.39. The lowest BCUT2D eigenvalue weighted by molar-refractivity contribution is -0.530. The van der Waals surface area contributed by atoms with Crippen LogP contribution < -0.4 is 5.32 Å². The van der Waals surface area contributed by atoms with Crippen LogP contribution in [0.1, 0.15) is 37.3 Å². The number of nitrogens with one attached hydrogen (secondary N) is 1. The number of benzene rings is 1. The van der Waals surface area contributed by atoms with E-state index in [2.05, 4.69) is 5.32 Å². The van der Waals surface area contributed by atoms with Crippen molar-refractivity contribution in [1.82, 2.24) is 5.32 Å². The standard InChI is InChI=1S/C13H18N2O2/c16-15(17)13(11-5-2-1-3-6-11)9-8-12-7-4-10-14-12/h1-3,5-6,12-14H,4,7-10H2/t12-,13-/m0/s1. The van der Waals surface area contributed by atoms with E-state index >= 15 is 0 Å². The summed E-state index contributed by atoms with van der Waals surface area (Å²) in [4.78, 5) is 10.9. The largest absolute Gasteiger partial charge is 0.314 e. The molecule has 0 aliphatic carbocycles. The van der Waals surface area contributed by atoms with Crippen molar-refractivity contribution in [2.75, 3.05) is 6.54 Å². The van der Waals surface area contributed by atoms with Crippen LogP contribution in [0.5, 0.6) is 0 Å². The van der Waals surface area contributed by atoms with Crippen LogP contribution in [-0.2, 0) is 0 Å². The molecule has 2 atom stereocenters. The Labute approximate surface area is 101 Å². The van der Waals surface area contributed by atoms with Crippen LogP contribution in [0.4, 0.5) is 0 Å². The maximum atomic E-state index is 11.1. The molecular weight excluding hydrogens is 216 g/mol. The molecule has 0 bridgehead atoms. The first-order chi connectivity index (χ1) is 8.27. The Morgan fingerprint density at radius 3 is 2.76 bits per heavy atom. The van der Waals surface area contributed by atoms with Gasteiger partial charge in [-0.15, -0.1) is 0 Å². The molecule has 1 saturated heterocycles. The molecule has 2 rings (SSSR count). The van der Waals surface area contributed by atoms with Crippen molar-refractivity contribution in [2.45, 2.75) is 37.8 Å². The minimum Gasteiger partial charge on any atom is -0.314 e. The quantitative estimate of drug-likeness (QED) is 0.629. The first-order valence-corrected chi connectivity index (χ1v) is 6.19. The molecule has 1 aliphatic rings. The summed E-state index contributed by atoms with van der Waals surface area (Å²) in [6, 6.07) is 9.21. The predicted molar refractivity (Wildman–Crippen MR) is 66.4 cm³/mol. The van der Waals surface area contributed by atoms with Crippen molar-refractivity contribution >= 4 is 0 Å². The Balaban J connectivity index is 1.95. The van der Waals surface area contributed by atoms with E-state index in [-0.39, 0.29) is 4.92 Å². The van der Waals surface area contributed by atoms with Crippen molar-refractivity contribution in [2.24, 2.45) is 0 Å². The first-order valence-electron chi connectivity index (χ1n) is 6.19. The fraction of sp³-hybridized carbons (Fsp3) is 0.538. The van der Waals surface area contributed by atoms with Crippen molar-refractivity contribution in [3.8, 4) is 0 Å². The summed E-state index contributed by atoms with van der Waals surface area (Å²) >= 11 is 0. The zero-order valence-electron chi connectivity index (χ0n) is 9.84. The molecule has 1 aliphatic heterocycles. The molecule has 1 fully saturated rings. The van der Waals surface area contributed by atoms with Crippen LogP contribution in [0.3, 0.4) is 0 Å². The molecule has 4 heteroatoms. The van der Waals surface area contributed by atoms with Gasteiger partial charge in [0.1, 0.15) is 0 Å². The van der Waals surface area contributed by atoms with Gasteiger partial charge < -0.3 is 5.32 Å². The van der Waals surface area contributed by atoms with Gasteiger partial charge in [0.2, 0.25) is 6.04 Å². The minimum atomic E-state index is -0.557. The van der Waals surface area contributed by atoms with Gasteiger partial charge in [-0.05, 0) is 25.8 Å². The summed E-state index contributed by atoms with van der Waals surface area (Å²) in [7, 11) is 0. The smallest absolute Gasteiger partial charge is 0.238 e. The molecule has 1 heterocycles.